The first-order chi connectivity index (χ1) is 11.1. The lowest BCUT2D eigenvalue weighted by atomic mass is 9.97. The van der Waals surface area contributed by atoms with E-state index in [1.165, 1.54) is 15.8 Å². The Balaban J connectivity index is 1.78. The van der Waals surface area contributed by atoms with Crippen LogP contribution in [0, 0.1) is 19.8 Å². The minimum atomic E-state index is 0.0881. The van der Waals surface area contributed by atoms with Crippen LogP contribution in [0.3, 0.4) is 0 Å². The summed E-state index contributed by atoms with van der Waals surface area (Å²) in [5.74, 6) is 0.287. The summed E-state index contributed by atoms with van der Waals surface area (Å²) in [4.78, 5) is 19.4. The van der Waals surface area contributed by atoms with Gasteiger partial charge in [0, 0.05) is 19.6 Å². The summed E-state index contributed by atoms with van der Waals surface area (Å²) < 4.78 is 1.25. The second-order valence-electron chi connectivity index (χ2n) is 6.50. The average Bonchev–Trinajstić information content (AvgIpc) is 2.97. The summed E-state index contributed by atoms with van der Waals surface area (Å²) in [7, 11) is 0. The number of hydrogen-bond acceptors (Lipinski definition) is 4. The van der Waals surface area contributed by atoms with Gasteiger partial charge in [-0.2, -0.15) is 0 Å². The molecule has 5 heteroatoms. The number of hydrogen-bond donors (Lipinski definition) is 1. The van der Waals surface area contributed by atoms with E-state index in [9.17, 15) is 4.79 Å². The molecule has 2 heterocycles. The minimum Gasteiger partial charge on any atom is -0.356 e. The number of thiazole rings is 1. The molecule has 2 aromatic rings. The molecule has 1 N–H and O–H groups in total. The highest BCUT2D eigenvalue weighted by Gasteiger charge is 2.27. The third kappa shape index (κ3) is 3.50. The third-order valence-corrected chi connectivity index (χ3v) is 5.49. The van der Waals surface area contributed by atoms with Crippen LogP contribution in [-0.2, 0) is 4.79 Å². The fourth-order valence-corrected chi connectivity index (χ4v) is 4.43. The zero-order valence-corrected chi connectivity index (χ0v) is 15.0. The Kier molecular flexibility index (Phi) is 4.85. The van der Waals surface area contributed by atoms with Gasteiger partial charge in [-0.25, -0.2) is 4.98 Å². The number of fused-ring (bicyclic) bond motifs is 1. The Morgan fingerprint density at radius 1 is 1.43 bits per heavy atom. The number of carbonyl (C=O) groups is 1. The van der Waals surface area contributed by atoms with E-state index in [-0.39, 0.29) is 11.8 Å². The molecule has 1 unspecified atom stereocenters. The van der Waals surface area contributed by atoms with E-state index in [0.29, 0.717) is 0 Å². The summed E-state index contributed by atoms with van der Waals surface area (Å²) >= 11 is 1.75. The molecule has 3 rings (SSSR count). The summed E-state index contributed by atoms with van der Waals surface area (Å²) in [6.45, 7) is 8.88. The van der Waals surface area contributed by atoms with Gasteiger partial charge in [0.15, 0.2) is 5.13 Å². The van der Waals surface area contributed by atoms with E-state index in [4.69, 9.17) is 4.98 Å². The highest BCUT2D eigenvalue weighted by atomic mass is 32.1. The van der Waals surface area contributed by atoms with E-state index in [1.54, 1.807) is 11.3 Å². The van der Waals surface area contributed by atoms with E-state index >= 15 is 0 Å². The molecular formula is C18H25N3OS. The quantitative estimate of drug-likeness (QED) is 0.930. The summed E-state index contributed by atoms with van der Waals surface area (Å²) in [5, 5.41) is 4.09. The molecule has 23 heavy (non-hydrogen) atoms. The smallest absolute Gasteiger partial charge is 0.224 e. The number of piperidine rings is 1. The molecule has 4 nitrogen and oxygen atoms in total. The number of rotatable bonds is 4. The van der Waals surface area contributed by atoms with E-state index in [1.807, 2.05) is 0 Å². The predicted octanol–water partition coefficient (Wildman–Crippen LogP) is 3.66. The first-order valence-electron chi connectivity index (χ1n) is 8.49. The topological polar surface area (TPSA) is 45.2 Å². The predicted molar refractivity (Wildman–Crippen MR) is 97.3 cm³/mol. The van der Waals surface area contributed by atoms with Gasteiger partial charge in [-0.15, -0.1) is 0 Å². The van der Waals surface area contributed by atoms with Crippen molar-refractivity contribution in [3.8, 4) is 0 Å². The molecular weight excluding hydrogens is 306 g/mol. The first kappa shape index (κ1) is 16.2. The number of aryl methyl sites for hydroxylation is 2. The normalized spacial score (nSPS) is 18.4. The number of nitrogens with one attached hydrogen (secondary N) is 1. The molecule has 1 amide bonds. The van der Waals surface area contributed by atoms with Gasteiger partial charge in [0.2, 0.25) is 5.91 Å². The number of nitrogens with zero attached hydrogens (tertiary/aromatic N) is 2. The molecule has 124 valence electrons. The van der Waals surface area contributed by atoms with Crippen molar-refractivity contribution in [1.29, 1.82) is 0 Å². The fourth-order valence-electron chi connectivity index (χ4n) is 3.25. The molecule has 1 saturated heterocycles. The van der Waals surface area contributed by atoms with Crippen LogP contribution in [0.2, 0.25) is 0 Å². The summed E-state index contributed by atoms with van der Waals surface area (Å²) in [6.07, 6.45) is 3.02. The first-order valence-corrected chi connectivity index (χ1v) is 9.30. The Morgan fingerprint density at radius 3 is 3.04 bits per heavy atom. The number of anilines is 1. The van der Waals surface area contributed by atoms with Crippen molar-refractivity contribution in [2.45, 2.75) is 40.0 Å². The van der Waals surface area contributed by atoms with Gasteiger partial charge in [0.25, 0.3) is 0 Å². The monoisotopic (exact) mass is 331 g/mol. The Hall–Kier alpha value is -1.62. The van der Waals surface area contributed by atoms with Crippen molar-refractivity contribution in [2.24, 2.45) is 5.92 Å². The zero-order valence-electron chi connectivity index (χ0n) is 14.2. The molecule has 0 aliphatic carbocycles. The second kappa shape index (κ2) is 6.87. The van der Waals surface area contributed by atoms with Gasteiger partial charge in [-0.3, -0.25) is 4.79 Å². The van der Waals surface area contributed by atoms with Crippen molar-refractivity contribution in [1.82, 2.24) is 10.3 Å². The van der Waals surface area contributed by atoms with Gasteiger partial charge in [-0.05, 0) is 50.3 Å². The van der Waals surface area contributed by atoms with Crippen LogP contribution in [0.1, 0.15) is 37.3 Å². The van der Waals surface area contributed by atoms with Crippen LogP contribution >= 0.6 is 11.3 Å². The van der Waals surface area contributed by atoms with Gasteiger partial charge < -0.3 is 10.2 Å². The average molecular weight is 331 g/mol. The minimum absolute atomic E-state index is 0.0881. The highest BCUT2D eigenvalue weighted by molar-refractivity contribution is 7.22. The molecule has 1 fully saturated rings. The van der Waals surface area contributed by atoms with E-state index < -0.39 is 0 Å². The Labute approximate surface area is 141 Å². The maximum Gasteiger partial charge on any atom is 0.224 e. The number of carbonyl (C=O) groups excluding carboxylic acids is 1. The molecule has 0 spiro atoms. The Morgan fingerprint density at radius 2 is 2.26 bits per heavy atom. The standard InChI is InChI=1S/C18H25N3OS/c1-4-7-19-17(22)14-6-5-8-21(11-14)18-20-16-13(3)9-12(2)10-15(16)23-18/h9-10,14H,4-8,11H2,1-3H3,(H,19,22). The highest BCUT2D eigenvalue weighted by Crippen LogP contribution is 2.33. The number of aromatic nitrogens is 1. The van der Waals surface area contributed by atoms with Gasteiger partial charge in [0.1, 0.15) is 0 Å². The van der Waals surface area contributed by atoms with Crippen LogP contribution in [0.4, 0.5) is 5.13 Å². The molecule has 1 atom stereocenters. The molecule has 0 radical (unpaired) electrons. The second-order valence-corrected chi connectivity index (χ2v) is 7.51. The summed E-state index contributed by atoms with van der Waals surface area (Å²) in [6, 6.07) is 4.39. The van der Waals surface area contributed by atoms with E-state index in [0.717, 1.165) is 49.5 Å². The van der Waals surface area contributed by atoms with Crippen LogP contribution in [0.5, 0.6) is 0 Å². The lowest BCUT2D eigenvalue weighted by molar-refractivity contribution is -0.125. The summed E-state index contributed by atoms with van der Waals surface area (Å²) in [5.41, 5.74) is 3.62. The molecule has 1 aliphatic rings. The van der Waals surface area contributed by atoms with E-state index in [2.05, 4.69) is 43.1 Å². The largest absolute Gasteiger partial charge is 0.356 e. The van der Waals surface area contributed by atoms with Crippen molar-refractivity contribution in [2.75, 3.05) is 24.5 Å². The Bertz CT molecular complexity index is 710. The van der Waals surface area contributed by atoms with Crippen LogP contribution in [-0.4, -0.2) is 30.5 Å². The van der Waals surface area contributed by atoms with Gasteiger partial charge in [-0.1, -0.05) is 24.3 Å². The lowest BCUT2D eigenvalue weighted by Crippen LogP contribution is -2.43. The van der Waals surface area contributed by atoms with Gasteiger partial charge >= 0.3 is 0 Å². The van der Waals surface area contributed by atoms with Crippen LogP contribution in [0.15, 0.2) is 12.1 Å². The zero-order chi connectivity index (χ0) is 16.4. The van der Waals surface area contributed by atoms with Gasteiger partial charge in [0.05, 0.1) is 16.1 Å². The molecule has 1 aromatic carbocycles. The van der Waals surface area contributed by atoms with Crippen molar-refractivity contribution >= 4 is 32.6 Å². The fraction of sp³-hybridized carbons (Fsp3) is 0.556. The third-order valence-electron chi connectivity index (χ3n) is 4.43. The SMILES string of the molecule is CCCNC(=O)C1CCCN(c2nc3c(C)cc(C)cc3s2)C1. The molecule has 1 aliphatic heterocycles. The van der Waals surface area contributed by atoms with Crippen molar-refractivity contribution in [3.63, 3.8) is 0 Å². The number of amides is 1. The maximum atomic E-state index is 12.2. The number of benzene rings is 1. The van der Waals surface area contributed by atoms with Crippen LogP contribution in [0.25, 0.3) is 10.2 Å². The van der Waals surface area contributed by atoms with Crippen molar-refractivity contribution in [3.05, 3.63) is 23.3 Å². The molecule has 0 saturated carbocycles. The van der Waals surface area contributed by atoms with Crippen LogP contribution < -0.4 is 10.2 Å². The van der Waals surface area contributed by atoms with Crippen molar-refractivity contribution < 1.29 is 4.79 Å². The molecule has 0 bridgehead atoms. The molecule has 1 aromatic heterocycles. The lowest BCUT2D eigenvalue weighted by Gasteiger charge is -2.31. The maximum absolute atomic E-state index is 12.2.